The van der Waals surface area contributed by atoms with Crippen LogP contribution in [0.5, 0.6) is 0 Å². The molecule has 2 aromatic rings. The number of hydrogen-bond donors (Lipinski definition) is 2. The fourth-order valence-corrected chi connectivity index (χ4v) is 3.11. The van der Waals surface area contributed by atoms with E-state index >= 15 is 0 Å². The van der Waals surface area contributed by atoms with Crippen molar-refractivity contribution in [3.8, 4) is 0 Å². The average molecular weight is 288 g/mol. The zero-order valence-corrected chi connectivity index (χ0v) is 12.7. The molecule has 2 rings (SSSR count). The molecule has 1 amide bonds. The molecule has 20 heavy (non-hydrogen) atoms. The molecule has 4 heteroatoms. The molecule has 0 saturated heterocycles. The Bertz CT molecular complexity index is 574. The number of rotatable bonds is 5. The highest BCUT2D eigenvalue weighted by molar-refractivity contribution is 7.11. The van der Waals surface area contributed by atoms with Gasteiger partial charge in [-0.05, 0) is 43.7 Å². The van der Waals surface area contributed by atoms with Gasteiger partial charge in [-0.2, -0.15) is 0 Å². The minimum absolute atomic E-state index is 0.0514. The number of amides is 1. The fraction of sp³-hybridized carbons (Fsp3) is 0.312. The molecule has 0 bridgehead atoms. The molecule has 1 atom stereocenters. The lowest BCUT2D eigenvalue weighted by Crippen LogP contribution is -2.34. The maximum absolute atomic E-state index is 12.0. The van der Waals surface area contributed by atoms with Gasteiger partial charge in [-0.15, -0.1) is 11.3 Å². The Morgan fingerprint density at radius 2 is 1.95 bits per heavy atom. The number of hydrogen-bond acceptors (Lipinski definition) is 3. The zero-order chi connectivity index (χ0) is 14.5. The zero-order valence-electron chi connectivity index (χ0n) is 11.8. The largest absolute Gasteiger partial charge is 0.399 e. The molecule has 3 nitrogen and oxygen atoms in total. The number of carbonyl (C=O) groups excluding carboxylic acids is 1. The van der Waals surface area contributed by atoms with Crippen molar-refractivity contribution in [2.24, 2.45) is 0 Å². The summed E-state index contributed by atoms with van der Waals surface area (Å²) in [6, 6.07) is 11.8. The molecule has 3 N–H and O–H groups in total. The number of nitrogens with two attached hydrogens (primary N) is 1. The number of thiophene rings is 1. The van der Waals surface area contributed by atoms with Crippen molar-refractivity contribution in [1.82, 2.24) is 5.32 Å². The van der Waals surface area contributed by atoms with E-state index in [0.29, 0.717) is 6.42 Å². The second-order valence-corrected chi connectivity index (χ2v) is 6.48. The van der Waals surface area contributed by atoms with Crippen molar-refractivity contribution in [2.75, 3.05) is 5.73 Å². The Hall–Kier alpha value is -1.81. The highest BCUT2D eigenvalue weighted by atomic mass is 32.1. The molecule has 1 unspecified atom stereocenters. The van der Waals surface area contributed by atoms with Crippen molar-refractivity contribution in [1.29, 1.82) is 0 Å². The number of nitrogens with one attached hydrogen (secondary N) is 1. The summed E-state index contributed by atoms with van der Waals surface area (Å²) in [6.07, 6.45) is 1.28. The minimum Gasteiger partial charge on any atom is -0.399 e. The van der Waals surface area contributed by atoms with Crippen molar-refractivity contribution in [3.05, 3.63) is 51.7 Å². The lowest BCUT2D eigenvalue weighted by Gasteiger charge is -2.13. The first-order valence-corrected chi connectivity index (χ1v) is 7.53. The normalized spacial score (nSPS) is 12.1. The molecule has 1 aromatic heterocycles. The van der Waals surface area contributed by atoms with Gasteiger partial charge in [0.2, 0.25) is 5.91 Å². The lowest BCUT2D eigenvalue weighted by atomic mass is 10.1. The first-order chi connectivity index (χ1) is 9.52. The van der Waals surface area contributed by atoms with E-state index < -0.39 is 0 Å². The van der Waals surface area contributed by atoms with E-state index in [4.69, 9.17) is 5.73 Å². The first-order valence-electron chi connectivity index (χ1n) is 6.72. The SMILES string of the molecule is Cc1ccc(CC(C)NC(=O)Cc2ccc(N)cc2)s1. The Labute approximate surface area is 123 Å². The van der Waals surface area contributed by atoms with E-state index in [-0.39, 0.29) is 11.9 Å². The van der Waals surface area contributed by atoms with Crippen LogP contribution in [0.25, 0.3) is 0 Å². The number of benzene rings is 1. The summed E-state index contributed by atoms with van der Waals surface area (Å²) in [5.41, 5.74) is 7.33. The maximum atomic E-state index is 12.0. The van der Waals surface area contributed by atoms with Crippen LogP contribution < -0.4 is 11.1 Å². The van der Waals surface area contributed by atoms with Crippen LogP contribution in [0.3, 0.4) is 0 Å². The predicted molar refractivity (Wildman–Crippen MR) is 84.9 cm³/mol. The molecule has 1 aromatic carbocycles. The molecule has 0 saturated carbocycles. The molecular weight excluding hydrogens is 268 g/mol. The number of nitrogen functional groups attached to an aromatic ring is 1. The van der Waals surface area contributed by atoms with E-state index in [1.54, 1.807) is 11.3 Å². The van der Waals surface area contributed by atoms with Gasteiger partial charge in [0.1, 0.15) is 0 Å². The topological polar surface area (TPSA) is 55.1 Å². The molecule has 0 aliphatic heterocycles. The van der Waals surface area contributed by atoms with Crippen LogP contribution in [0.2, 0.25) is 0 Å². The van der Waals surface area contributed by atoms with Crippen molar-refractivity contribution in [3.63, 3.8) is 0 Å². The molecule has 1 heterocycles. The molecule has 106 valence electrons. The van der Waals surface area contributed by atoms with Crippen LogP contribution in [-0.4, -0.2) is 11.9 Å². The molecule has 0 aliphatic carbocycles. The third-order valence-electron chi connectivity index (χ3n) is 3.06. The van der Waals surface area contributed by atoms with Gasteiger partial charge in [-0.25, -0.2) is 0 Å². The fourth-order valence-electron chi connectivity index (χ4n) is 2.09. The van der Waals surface area contributed by atoms with Crippen LogP contribution in [0.1, 0.15) is 22.2 Å². The molecular formula is C16H20N2OS. The number of aryl methyl sites for hydroxylation is 1. The monoisotopic (exact) mass is 288 g/mol. The molecule has 0 spiro atoms. The van der Waals surface area contributed by atoms with Gasteiger partial charge < -0.3 is 11.1 Å². The van der Waals surface area contributed by atoms with Crippen LogP contribution in [0.4, 0.5) is 5.69 Å². The Morgan fingerprint density at radius 1 is 1.25 bits per heavy atom. The van der Waals surface area contributed by atoms with Gasteiger partial charge in [-0.3, -0.25) is 4.79 Å². The van der Waals surface area contributed by atoms with E-state index in [0.717, 1.165) is 17.7 Å². The van der Waals surface area contributed by atoms with Gasteiger partial charge in [-0.1, -0.05) is 12.1 Å². The van der Waals surface area contributed by atoms with E-state index in [1.807, 2.05) is 31.2 Å². The highest BCUT2D eigenvalue weighted by Gasteiger charge is 2.10. The van der Waals surface area contributed by atoms with Gasteiger partial charge in [0, 0.05) is 27.9 Å². The average Bonchev–Trinajstić information content (AvgIpc) is 2.77. The summed E-state index contributed by atoms with van der Waals surface area (Å²) >= 11 is 1.78. The van der Waals surface area contributed by atoms with Crippen LogP contribution in [0, 0.1) is 6.92 Å². The van der Waals surface area contributed by atoms with Gasteiger partial charge in [0.15, 0.2) is 0 Å². The van der Waals surface area contributed by atoms with Gasteiger partial charge in [0.05, 0.1) is 6.42 Å². The molecule has 0 fully saturated rings. The number of carbonyl (C=O) groups is 1. The third-order valence-corrected chi connectivity index (χ3v) is 4.08. The molecule has 0 radical (unpaired) electrons. The van der Waals surface area contributed by atoms with Gasteiger partial charge in [0.25, 0.3) is 0 Å². The highest BCUT2D eigenvalue weighted by Crippen LogP contribution is 2.16. The maximum Gasteiger partial charge on any atom is 0.224 e. The van der Waals surface area contributed by atoms with Crippen LogP contribution >= 0.6 is 11.3 Å². The Kier molecular flexibility index (Phi) is 4.79. The number of anilines is 1. The van der Waals surface area contributed by atoms with E-state index in [1.165, 1.54) is 9.75 Å². The summed E-state index contributed by atoms with van der Waals surface area (Å²) in [6.45, 7) is 4.13. The van der Waals surface area contributed by atoms with Crippen molar-refractivity contribution in [2.45, 2.75) is 32.7 Å². The molecule has 0 aliphatic rings. The summed E-state index contributed by atoms with van der Waals surface area (Å²) in [4.78, 5) is 14.6. The third kappa shape index (κ3) is 4.38. The summed E-state index contributed by atoms with van der Waals surface area (Å²) in [7, 11) is 0. The standard InChI is InChI=1S/C16H20N2OS/c1-11(9-15-8-3-12(2)20-15)18-16(19)10-13-4-6-14(17)7-5-13/h3-8,11H,9-10,17H2,1-2H3,(H,18,19). The Morgan fingerprint density at radius 3 is 2.55 bits per heavy atom. The predicted octanol–water partition coefficient (Wildman–Crippen LogP) is 2.93. The summed E-state index contributed by atoms with van der Waals surface area (Å²) in [5.74, 6) is 0.0514. The second kappa shape index (κ2) is 6.57. The van der Waals surface area contributed by atoms with Gasteiger partial charge >= 0.3 is 0 Å². The minimum atomic E-state index is 0.0514. The van der Waals surface area contributed by atoms with E-state index in [9.17, 15) is 4.79 Å². The smallest absolute Gasteiger partial charge is 0.224 e. The quantitative estimate of drug-likeness (QED) is 0.831. The summed E-state index contributed by atoms with van der Waals surface area (Å²) in [5, 5.41) is 3.04. The van der Waals surface area contributed by atoms with Crippen molar-refractivity contribution < 1.29 is 4.79 Å². The lowest BCUT2D eigenvalue weighted by molar-refractivity contribution is -0.121. The Balaban J connectivity index is 1.83. The van der Waals surface area contributed by atoms with Crippen LogP contribution in [-0.2, 0) is 17.6 Å². The summed E-state index contributed by atoms with van der Waals surface area (Å²) < 4.78 is 0. The van der Waals surface area contributed by atoms with Crippen LogP contribution in [0.15, 0.2) is 36.4 Å². The second-order valence-electron chi connectivity index (χ2n) is 5.10. The van der Waals surface area contributed by atoms with Crippen molar-refractivity contribution >= 4 is 22.9 Å². The first kappa shape index (κ1) is 14.6. The van der Waals surface area contributed by atoms with E-state index in [2.05, 4.69) is 24.4 Å².